The second-order valence-electron chi connectivity index (χ2n) is 6.27. The second kappa shape index (κ2) is 9.73. The highest BCUT2D eigenvalue weighted by atomic mass is 16.5. The summed E-state index contributed by atoms with van der Waals surface area (Å²) < 4.78 is 5.52. The molecule has 2 amide bonds. The summed E-state index contributed by atoms with van der Waals surface area (Å²) in [5.41, 5.74) is 1.76. The minimum absolute atomic E-state index is 0.0899. The van der Waals surface area contributed by atoms with Gasteiger partial charge in [-0.25, -0.2) is 4.79 Å². The lowest BCUT2D eigenvalue weighted by Crippen LogP contribution is -2.33. The number of hydrogen-bond acceptors (Lipinski definition) is 4. The average molecular weight is 370 g/mol. The second-order valence-corrected chi connectivity index (χ2v) is 6.27. The lowest BCUT2D eigenvalue weighted by atomic mass is 10.1. The predicted octanol–water partition coefficient (Wildman–Crippen LogP) is 3.88. The van der Waals surface area contributed by atoms with Crippen molar-refractivity contribution in [1.29, 1.82) is 0 Å². The van der Waals surface area contributed by atoms with Gasteiger partial charge in [0.1, 0.15) is 5.75 Å². The molecule has 0 saturated carbocycles. The van der Waals surface area contributed by atoms with Gasteiger partial charge in [-0.3, -0.25) is 4.79 Å². The quantitative estimate of drug-likeness (QED) is 0.691. The number of ether oxygens (including phenoxy) is 1. The fourth-order valence-electron chi connectivity index (χ4n) is 2.60. The van der Waals surface area contributed by atoms with Gasteiger partial charge >= 0.3 is 6.03 Å². The number of aliphatic hydroxyl groups is 1. The Kier molecular flexibility index (Phi) is 7.37. The van der Waals surface area contributed by atoms with Crippen LogP contribution in [0.3, 0.4) is 0 Å². The Hall–Kier alpha value is -2.86. The molecule has 6 heteroatoms. The van der Waals surface area contributed by atoms with Gasteiger partial charge in [0.2, 0.25) is 0 Å². The summed E-state index contributed by atoms with van der Waals surface area (Å²) in [4.78, 5) is 25.6. The van der Waals surface area contributed by atoms with Crippen molar-refractivity contribution in [3.63, 3.8) is 0 Å². The Morgan fingerprint density at radius 1 is 1.19 bits per heavy atom. The van der Waals surface area contributed by atoms with Gasteiger partial charge in [0.05, 0.1) is 18.4 Å². The molecule has 0 unspecified atom stereocenters. The van der Waals surface area contributed by atoms with Gasteiger partial charge in [0, 0.05) is 19.2 Å². The molecule has 6 nitrogen and oxygen atoms in total. The van der Waals surface area contributed by atoms with E-state index in [1.807, 2.05) is 37.3 Å². The first kappa shape index (κ1) is 20.5. The third-order valence-corrected chi connectivity index (χ3v) is 4.20. The maximum atomic E-state index is 12.5. The number of nitrogens with one attached hydrogen (secondary N) is 1. The fourth-order valence-corrected chi connectivity index (χ4v) is 2.60. The first-order chi connectivity index (χ1) is 12.9. The molecule has 0 aliphatic carbocycles. The molecular formula is C21H26N2O4. The summed E-state index contributed by atoms with van der Waals surface area (Å²) >= 11 is 0. The standard InChI is InChI=1S/C21H26N2O4/c1-4-27-20-11-10-17(15(2)24)14-18(20)22-21(26)23(3)13-12-19(25)16-8-6-5-7-9-16/h5-11,14,19,25H,4,12-13H2,1-3H3,(H,22,26)/t19-/m1/s1. The van der Waals surface area contributed by atoms with E-state index >= 15 is 0 Å². The van der Waals surface area contributed by atoms with Crippen LogP contribution in [-0.2, 0) is 0 Å². The number of amides is 2. The van der Waals surface area contributed by atoms with Crippen molar-refractivity contribution >= 4 is 17.5 Å². The number of ketones is 1. The van der Waals surface area contributed by atoms with Crippen LogP contribution in [0.5, 0.6) is 5.75 Å². The van der Waals surface area contributed by atoms with Crippen molar-refractivity contribution in [2.75, 3.05) is 25.5 Å². The van der Waals surface area contributed by atoms with Crippen LogP contribution in [0.25, 0.3) is 0 Å². The molecule has 0 aliphatic rings. The molecule has 2 aromatic rings. The number of rotatable bonds is 8. The molecule has 0 spiro atoms. The summed E-state index contributed by atoms with van der Waals surface area (Å²) in [6.45, 7) is 4.14. The Labute approximate surface area is 159 Å². The summed E-state index contributed by atoms with van der Waals surface area (Å²) in [6.07, 6.45) is -0.221. The lowest BCUT2D eigenvalue weighted by molar-refractivity contribution is 0.101. The first-order valence-electron chi connectivity index (χ1n) is 8.95. The van der Waals surface area contributed by atoms with Gasteiger partial charge in [-0.2, -0.15) is 0 Å². The van der Waals surface area contributed by atoms with Crippen molar-refractivity contribution in [3.8, 4) is 5.75 Å². The summed E-state index contributed by atoms with van der Waals surface area (Å²) in [5, 5.41) is 13.0. The van der Waals surface area contributed by atoms with Crippen LogP contribution in [0.15, 0.2) is 48.5 Å². The predicted molar refractivity (Wildman–Crippen MR) is 105 cm³/mol. The first-order valence-corrected chi connectivity index (χ1v) is 8.95. The molecule has 1 atom stereocenters. The normalized spacial score (nSPS) is 11.6. The van der Waals surface area contributed by atoms with E-state index in [0.717, 1.165) is 5.56 Å². The van der Waals surface area contributed by atoms with Crippen LogP contribution in [0.4, 0.5) is 10.5 Å². The number of Topliss-reactive ketones (excluding diaryl/α,β-unsaturated/α-hetero) is 1. The molecule has 144 valence electrons. The monoisotopic (exact) mass is 370 g/mol. The number of aliphatic hydroxyl groups excluding tert-OH is 1. The largest absolute Gasteiger partial charge is 0.492 e. The number of urea groups is 1. The molecule has 0 aromatic heterocycles. The van der Waals surface area contributed by atoms with Gasteiger partial charge < -0.3 is 20.1 Å². The minimum atomic E-state index is -0.638. The van der Waals surface area contributed by atoms with Gasteiger partial charge in [-0.1, -0.05) is 30.3 Å². The van der Waals surface area contributed by atoms with Gasteiger partial charge in [-0.05, 0) is 44.0 Å². The zero-order valence-corrected chi connectivity index (χ0v) is 15.9. The zero-order chi connectivity index (χ0) is 19.8. The van der Waals surface area contributed by atoms with Crippen LogP contribution in [-0.4, -0.2) is 42.0 Å². The number of carbonyl (C=O) groups excluding carboxylic acids is 2. The van der Waals surface area contributed by atoms with E-state index in [0.29, 0.717) is 36.6 Å². The molecule has 2 N–H and O–H groups in total. The number of anilines is 1. The Balaban J connectivity index is 2.00. The van der Waals surface area contributed by atoms with E-state index in [1.54, 1.807) is 25.2 Å². The van der Waals surface area contributed by atoms with E-state index in [4.69, 9.17) is 4.74 Å². The Bertz CT molecular complexity index is 777. The lowest BCUT2D eigenvalue weighted by Gasteiger charge is -2.21. The van der Waals surface area contributed by atoms with Crippen LogP contribution in [0.2, 0.25) is 0 Å². The van der Waals surface area contributed by atoms with Crippen LogP contribution in [0, 0.1) is 0 Å². The van der Waals surface area contributed by atoms with E-state index < -0.39 is 6.10 Å². The summed E-state index contributed by atoms with van der Waals surface area (Å²) in [5.74, 6) is 0.418. The van der Waals surface area contributed by atoms with Crippen molar-refractivity contribution in [1.82, 2.24) is 4.90 Å². The highest BCUT2D eigenvalue weighted by molar-refractivity contribution is 5.97. The fraction of sp³-hybridized carbons (Fsp3) is 0.333. The smallest absolute Gasteiger partial charge is 0.321 e. The van der Waals surface area contributed by atoms with Gasteiger partial charge in [0.15, 0.2) is 5.78 Å². The molecule has 0 bridgehead atoms. The molecule has 0 radical (unpaired) electrons. The maximum Gasteiger partial charge on any atom is 0.321 e. The van der Waals surface area contributed by atoms with Crippen molar-refractivity contribution < 1.29 is 19.4 Å². The number of nitrogens with zero attached hydrogens (tertiary/aromatic N) is 1. The van der Waals surface area contributed by atoms with Crippen molar-refractivity contribution in [2.24, 2.45) is 0 Å². The molecule has 0 aliphatic heterocycles. The number of carbonyl (C=O) groups is 2. The van der Waals surface area contributed by atoms with E-state index in [9.17, 15) is 14.7 Å². The third-order valence-electron chi connectivity index (χ3n) is 4.20. The summed E-state index contributed by atoms with van der Waals surface area (Å²) in [6, 6.07) is 13.9. The molecule has 0 heterocycles. The molecule has 27 heavy (non-hydrogen) atoms. The highest BCUT2D eigenvalue weighted by Crippen LogP contribution is 2.26. The Morgan fingerprint density at radius 2 is 1.89 bits per heavy atom. The van der Waals surface area contributed by atoms with E-state index in [1.165, 1.54) is 11.8 Å². The highest BCUT2D eigenvalue weighted by Gasteiger charge is 2.15. The molecule has 2 aromatic carbocycles. The SMILES string of the molecule is CCOc1ccc(C(C)=O)cc1NC(=O)N(C)CC[C@@H](O)c1ccccc1. The van der Waals surface area contributed by atoms with Crippen LogP contribution >= 0.6 is 0 Å². The van der Waals surface area contributed by atoms with E-state index in [-0.39, 0.29) is 11.8 Å². The topological polar surface area (TPSA) is 78.9 Å². The van der Waals surface area contributed by atoms with Crippen LogP contribution in [0.1, 0.15) is 42.3 Å². The maximum absolute atomic E-state index is 12.5. The molecular weight excluding hydrogens is 344 g/mol. The molecule has 0 fully saturated rings. The minimum Gasteiger partial charge on any atom is -0.492 e. The van der Waals surface area contributed by atoms with Crippen molar-refractivity contribution in [2.45, 2.75) is 26.4 Å². The Morgan fingerprint density at radius 3 is 2.52 bits per heavy atom. The van der Waals surface area contributed by atoms with E-state index in [2.05, 4.69) is 5.32 Å². The van der Waals surface area contributed by atoms with Gasteiger partial charge in [-0.15, -0.1) is 0 Å². The summed E-state index contributed by atoms with van der Waals surface area (Å²) in [7, 11) is 1.65. The zero-order valence-electron chi connectivity index (χ0n) is 15.9. The molecule has 2 rings (SSSR count). The van der Waals surface area contributed by atoms with Crippen LogP contribution < -0.4 is 10.1 Å². The molecule has 0 saturated heterocycles. The third kappa shape index (κ3) is 5.82. The van der Waals surface area contributed by atoms with Gasteiger partial charge in [0.25, 0.3) is 0 Å². The van der Waals surface area contributed by atoms with Crippen molar-refractivity contribution in [3.05, 3.63) is 59.7 Å². The number of hydrogen-bond donors (Lipinski definition) is 2. The average Bonchev–Trinajstić information content (AvgIpc) is 2.67. The number of benzene rings is 2.